The average molecular weight is 270 g/mol. The monoisotopic (exact) mass is 269 g/mol. The Bertz CT molecular complexity index is 329. The minimum Gasteiger partial charge on any atom is -0.327 e. The summed E-state index contributed by atoms with van der Waals surface area (Å²) in [7, 11) is 0. The molecule has 1 unspecified atom stereocenters. The van der Waals surface area contributed by atoms with Crippen LogP contribution in [0.5, 0.6) is 0 Å². The summed E-state index contributed by atoms with van der Waals surface area (Å²) in [6.45, 7) is 3.16. The van der Waals surface area contributed by atoms with Crippen molar-refractivity contribution in [2.24, 2.45) is 5.73 Å². The Morgan fingerprint density at radius 2 is 2.47 bits per heavy atom. The van der Waals surface area contributed by atoms with Crippen molar-refractivity contribution in [1.29, 1.82) is 0 Å². The summed E-state index contributed by atoms with van der Waals surface area (Å²) in [5.74, 6) is 0. The molecule has 0 bridgehead atoms. The summed E-state index contributed by atoms with van der Waals surface area (Å²) >= 11 is 3.38. The summed E-state index contributed by atoms with van der Waals surface area (Å²) in [5, 5.41) is 0. The smallest absolute Gasteiger partial charge is 0.106 e. The van der Waals surface area contributed by atoms with Crippen molar-refractivity contribution in [3.63, 3.8) is 0 Å². The van der Waals surface area contributed by atoms with Gasteiger partial charge < -0.3 is 5.73 Å². The Kier molecular flexibility index (Phi) is 3.72. The first-order chi connectivity index (χ1) is 7.24. The van der Waals surface area contributed by atoms with Crippen molar-refractivity contribution in [2.45, 2.75) is 25.4 Å². The molecule has 1 atom stereocenters. The van der Waals surface area contributed by atoms with E-state index in [-0.39, 0.29) is 0 Å². The van der Waals surface area contributed by atoms with Crippen molar-refractivity contribution in [3.05, 3.63) is 28.5 Å². The van der Waals surface area contributed by atoms with E-state index in [0.29, 0.717) is 6.04 Å². The predicted molar refractivity (Wildman–Crippen MR) is 64.4 cm³/mol. The van der Waals surface area contributed by atoms with Gasteiger partial charge in [0.2, 0.25) is 0 Å². The predicted octanol–water partition coefficient (Wildman–Crippen LogP) is 1.77. The van der Waals surface area contributed by atoms with Crippen LogP contribution in [0.2, 0.25) is 0 Å². The number of nitrogens with zero attached hydrogens (tertiary/aromatic N) is 2. The Balaban J connectivity index is 1.96. The molecule has 2 heterocycles. The molecule has 1 aliphatic rings. The van der Waals surface area contributed by atoms with Crippen LogP contribution in [0, 0.1) is 0 Å². The fourth-order valence-corrected chi connectivity index (χ4v) is 2.45. The SMILES string of the molecule is NC1CCCN(Cc2ccnc(Br)c2)C1. The first-order valence-electron chi connectivity index (χ1n) is 5.32. The van der Waals surface area contributed by atoms with Crippen LogP contribution >= 0.6 is 15.9 Å². The van der Waals surface area contributed by atoms with E-state index < -0.39 is 0 Å². The second kappa shape index (κ2) is 5.05. The van der Waals surface area contributed by atoms with E-state index in [4.69, 9.17) is 5.73 Å². The van der Waals surface area contributed by atoms with Gasteiger partial charge >= 0.3 is 0 Å². The largest absolute Gasteiger partial charge is 0.327 e. The highest BCUT2D eigenvalue weighted by Gasteiger charge is 2.16. The molecule has 0 saturated carbocycles. The molecule has 82 valence electrons. The lowest BCUT2D eigenvalue weighted by atomic mass is 10.1. The molecule has 3 nitrogen and oxygen atoms in total. The Morgan fingerprint density at radius 3 is 3.20 bits per heavy atom. The zero-order valence-corrected chi connectivity index (χ0v) is 10.3. The molecule has 0 spiro atoms. The van der Waals surface area contributed by atoms with Gasteiger partial charge in [-0.15, -0.1) is 0 Å². The van der Waals surface area contributed by atoms with E-state index >= 15 is 0 Å². The topological polar surface area (TPSA) is 42.1 Å². The lowest BCUT2D eigenvalue weighted by Crippen LogP contribution is -2.42. The van der Waals surface area contributed by atoms with E-state index in [1.165, 1.54) is 12.0 Å². The molecule has 1 fully saturated rings. The maximum absolute atomic E-state index is 5.95. The lowest BCUT2D eigenvalue weighted by Gasteiger charge is -2.30. The molecule has 0 aromatic carbocycles. The molecule has 1 aromatic heterocycles. The quantitative estimate of drug-likeness (QED) is 0.833. The summed E-state index contributed by atoms with van der Waals surface area (Å²) in [4.78, 5) is 6.53. The zero-order chi connectivity index (χ0) is 10.7. The van der Waals surface area contributed by atoms with E-state index in [0.717, 1.165) is 30.7 Å². The number of hydrogen-bond acceptors (Lipinski definition) is 3. The Hall–Kier alpha value is -0.450. The van der Waals surface area contributed by atoms with Gasteiger partial charge in [0.1, 0.15) is 4.60 Å². The molecule has 0 aliphatic carbocycles. The van der Waals surface area contributed by atoms with Crippen LogP contribution < -0.4 is 5.73 Å². The number of halogens is 1. The summed E-state index contributed by atoms with van der Waals surface area (Å²) in [5.41, 5.74) is 7.24. The van der Waals surface area contributed by atoms with E-state index in [9.17, 15) is 0 Å². The highest BCUT2D eigenvalue weighted by molar-refractivity contribution is 9.10. The van der Waals surface area contributed by atoms with Crippen LogP contribution in [0.1, 0.15) is 18.4 Å². The minimum absolute atomic E-state index is 0.351. The second-order valence-electron chi connectivity index (χ2n) is 4.12. The summed E-state index contributed by atoms with van der Waals surface area (Å²) < 4.78 is 0.904. The Labute approximate surface area is 98.8 Å². The minimum atomic E-state index is 0.351. The second-order valence-corrected chi connectivity index (χ2v) is 4.94. The van der Waals surface area contributed by atoms with Crippen LogP contribution in [0.15, 0.2) is 22.9 Å². The first kappa shape index (κ1) is 11.0. The number of pyridine rings is 1. The number of likely N-dealkylation sites (tertiary alicyclic amines) is 1. The molecule has 2 rings (SSSR count). The van der Waals surface area contributed by atoms with Crippen LogP contribution in [0.4, 0.5) is 0 Å². The number of hydrogen-bond donors (Lipinski definition) is 1. The molecule has 2 N–H and O–H groups in total. The van der Waals surface area contributed by atoms with E-state index in [1.54, 1.807) is 0 Å². The molecule has 1 saturated heterocycles. The van der Waals surface area contributed by atoms with Crippen molar-refractivity contribution in [1.82, 2.24) is 9.88 Å². The maximum atomic E-state index is 5.95. The van der Waals surface area contributed by atoms with Gasteiger partial charge in [0.25, 0.3) is 0 Å². The van der Waals surface area contributed by atoms with E-state index in [1.807, 2.05) is 6.20 Å². The van der Waals surface area contributed by atoms with Crippen LogP contribution in [0.3, 0.4) is 0 Å². The molecular weight excluding hydrogens is 254 g/mol. The molecule has 15 heavy (non-hydrogen) atoms. The molecular formula is C11H16BrN3. The van der Waals surface area contributed by atoms with Crippen LogP contribution in [-0.2, 0) is 6.54 Å². The molecule has 1 aromatic rings. The average Bonchev–Trinajstić information content (AvgIpc) is 2.17. The first-order valence-corrected chi connectivity index (χ1v) is 6.12. The summed E-state index contributed by atoms with van der Waals surface area (Å²) in [6, 6.07) is 4.48. The molecule has 0 amide bonds. The number of rotatable bonds is 2. The van der Waals surface area contributed by atoms with Gasteiger partial charge in [0, 0.05) is 25.3 Å². The molecule has 0 radical (unpaired) electrons. The van der Waals surface area contributed by atoms with Gasteiger partial charge in [-0.1, -0.05) is 0 Å². The van der Waals surface area contributed by atoms with Crippen molar-refractivity contribution in [2.75, 3.05) is 13.1 Å². The van der Waals surface area contributed by atoms with Gasteiger partial charge in [-0.25, -0.2) is 4.98 Å². The number of aromatic nitrogens is 1. The van der Waals surface area contributed by atoms with Crippen molar-refractivity contribution < 1.29 is 0 Å². The number of piperidine rings is 1. The normalized spacial score (nSPS) is 22.9. The fourth-order valence-electron chi connectivity index (χ4n) is 2.03. The van der Waals surface area contributed by atoms with Gasteiger partial charge in [-0.3, -0.25) is 4.90 Å². The highest BCUT2D eigenvalue weighted by atomic mass is 79.9. The van der Waals surface area contributed by atoms with Crippen LogP contribution in [0.25, 0.3) is 0 Å². The standard InChI is InChI=1S/C11H16BrN3/c12-11-6-9(3-4-14-11)7-15-5-1-2-10(13)8-15/h3-4,6,10H,1-2,5,7-8,13H2. The molecule has 4 heteroatoms. The third-order valence-corrected chi connectivity index (χ3v) is 3.17. The highest BCUT2D eigenvalue weighted by Crippen LogP contribution is 2.14. The van der Waals surface area contributed by atoms with Crippen LogP contribution in [-0.4, -0.2) is 29.0 Å². The van der Waals surface area contributed by atoms with Crippen molar-refractivity contribution >= 4 is 15.9 Å². The third-order valence-electron chi connectivity index (χ3n) is 2.74. The fraction of sp³-hybridized carbons (Fsp3) is 0.545. The van der Waals surface area contributed by atoms with Crippen molar-refractivity contribution in [3.8, 4) is 0 Å². The van der Waals surface area contributed by atoms with E-state index in [2.05, 4.69) is 37.9 Å². The zero-order valence-electron chi connectivity index (χ0n) is 8.69. The Morgan fingerprint density at radius 1 is 1.60 bits per heavy atom. The third kappa shape index (κ3) is 3.26. The molecule has 1 aliphatic heterocycles. The van der Waals surface area contributed by atoms with Gasteiger partial charge in [0.05, 0.1) is 0 Å². The van der Waals surface area contributed by atoms with Gasteiger partial charge in [0.15, 0.2) is 0 Å². The summed E-state index contributed by atoms with van der Waals surface area (Å²) in [6.07, 6.45) is 4.22. The van der Waals surface area contributed by atoms with Gasteiger partial charge in [-0.2, -0.15) is 0 Å². The lowest BCUT2D eigenvalue weighted by molar-refractivity contribution is 0.201. The van der Waals surface area contributed by atoms with Gasteiger partial charge in [-0.05, 0) is 53.0 Å². The maximum Gasteiger partial charge on any atom is 0.106 e. The number of nitrogens with two attached hydrogens (primary N) is 1.